The molecule has 0 saturated carbocycles. The van der Waals surface area contributed by atoms with E-state index in [4.69, 9.17) is 11.5 Å². The Hall–Kier alpha value is -2.47. The standard InChI is InChI=1S/C17H22N6/c1-11(7-8-13(18)9-12-5-3-2-4-6-12)14-10-15(19)20-17-16(14)21-23-22-17/h2-6,10-11,13H,7-9,18H2,1H3,(H3,19,20,21,22,23). The number of benzene rings is 1. The lowest BCUT2D eigenvalue weighted by atomic mass is 9.92. The summed E-state index contributed by atoms with van der Waals surface area (Å²) in [6.45, 7) is 2.16. The molecule has 0 aliphatic heterocycles. The number of nitrogens with one attached hydrogen (secondary N) is 1. The van der Waals surface area contributed by atoms with Gasteiger partial charge in [0.25, 0.3) is 0 Å². The van der Waals surface area contributed by atoms with E-state index in [2.05, 4.69) is 39.5 Å². The number of pyridine rings is 1. The fourth-order valence-corrected chi connectivity index (χ4v) is 2.90. The smallest absolute Gasteiger partial charge is 0.178 e. The average Bonchev–Trinajstić information content (AvgIpc) is 3.01. The van der Waals surface area contributed by atoms with Crippen LogP contribution in [0, 0.1) is 0 Å². The maximum Gasteiger partial charge on any atom is 0.178 e. The Morgan fingerprint density at radius 2 is 1.96 bits per heavy atom. The van der Waals surface area contributed by atoms with Crippen molar-refractivity contribution < 1.29 is 0 Å². The molecule has 3 aromatic rings. The summed E-state index contributed by atoms with van der Waals surface area (Å²) in [5, 5.41) is 10.7. The predicted molar refractivity (Wildman–Crippen MR) is 91.9 cm³/mol. The van der Waals surface area contributed by atoms with Gasteiger partial charge in [-0.1, -0.05) is 42.5 Å². The van der Waals surface area contributed by atoms with Crippen molar-refractivity contribution in [2.75, 3.05) is 5.73 Å². The number of rotatable bonds is 6. The van der Waals surface area contributed by atoms with Crippen LogP contribution in [0.5, 0.6) is 0 Å². The summed E-state index contributed by atoms with van der Waals surface area (Å²) in [7, 11) is 0. The quantitative estimate of drug-likeness (QED) is 0.648. The highest BCUT2D eigenvalue weighted by atomic mass is 15.3. The van der Waals surface area contributed by atoms with Crippen LogP contribution >= 0.6 is 0 Å². The minimum atomic E-state index is 0.145. The Morgan fingerprint density at radius 3 is 2.74 bits per heavy atom. The van der Waals surface area contributed by atoms with Gasteiger partial charge in [-0.05, 0) is 42.4 Å². The van der Waals surface area contributed by atoms with Gasteiger partial charge >= 0.3 is 0 Å². The molecular weight excluding hydrogens is 288 g/mol. The van der Waals surface area contributed by atoms with E-state index >= 15 is 0 Å². The molecule has 6 heteroatoms. The lowest BCUT2D eigenvalue weighted by Gasteiger charge is -2.16. The van der Waals surface area contributed by atoms with Gasteiger partial charge < -0.3 is 11.5 Å². The van der Waals surface area contributed by atoms with Crippen molar-refractivity contribution in [1.29, 1.82) is 0 Å². The molecule has 1 aromatic carbocycles. The largest absolute Gasteiger partial charge is 0.384 e. The van der Waals surface area contributed by atoms with Crippen LogP contribution in [0.4, 0.5) is 5.82 Å². The van der Waals surface area contributed by atoms with E-state index in [1.165, 1.54) is 5.56 Å². The first-order valence-corrected chi connectivity index (χ1v) is 7.90. The number of anilines is 1. The van der Waals surface area contributed by atoms with Crippen molar-refractivity contribution in [2.45, 2.75) is 38.1 Å². The molecular formula is C17H22N6. The third kappa shape index (κ3) is 3.65. The highest BCUT2D eigenvalue weighted by molar-refractivity contribution is 5.76. The molecule has 0 saturated heterocycles. The first kappa shape index (κ1) is 15.4. The van der Waals surface area contributed by atoms with Gasteiger partial charge in [-0.3, -0.25) is 0 Å². The summed E-state index contributed by atoms with van der Waals surface area (Å²) in [5.41, 5.74) is 15.9. The Labute approximate surface area is 135 Å². The van der Waals surface area contributed by atoms with Gasteiger partial charge in [-0.15, -0.1) is 5.10 Å². The molecule has 2 aromatic heterocycles. The van der Waals surface area contributed by atoms with Crippen LogP contribution in [-0.2, 0) is 6.42 Å². The van der Waals surface area contributed by atoms with Gasteiger partial charge in [-0.25, -0.2) is 10.1 Å². The number of hydrogen-bond acceptors (Lipinski definition) is 5. The molecule has 120 valence electrons. The van der Waals surface area contributed by atoms with Gasteiger partial charge in [0, 0.05) is 6.04 Å². The zero-order chi connectivity index (χ0) is 16.2. The summed E-state index contributed by atoms with van der Waals surface area (Å²) in [4.78, 5) is 4.20. The third-order valence-electron chi connectivity index (χ3n) is 4.19. The second-order valence-corrected chi connectivity index (χ2v) is 6.07. The van der Waals surface area contributed by atoms with Crippen LogP contribution in [0.1, 0.15) is 36.8 Å². The number of fused-ring (bicyclic) bond motifs is 1. The number of H-pyrrole nitrogens is 1. The van der Waals surface area contributed by atoms with E-state index in [0.717, 1.165) is 30.3 Å². The first-order valence-electron chi connectivity index (χ1n) is 7.90. The van der Waals surface area contributed by atoms with Crippen molar-refractivity contribution >= 4 is 17.0 Å². The number of nitrogens with zero attached hydrogens (tertiary/aromatic N) is 3. The van der Waals surface area contributed by atoms with E-state index in [-0.39, 0.29) is 6.04 Å². The van der Waals surface area contributed by atoms with Gasteiger partial charge in [0.05, 0.1) is 0 Å². The third-order valence-corrected chi connectivity index (χ3v) is 4.19. The molecule has 6 nitrogen and oxygen atoms in total. The van der Waals surface area contributed by atoms with E-state index in [1.807, 2.05) is 24.3 Å². The molecule has 0 amide bonds. The van der Waals surface area contributed by atoms with Crippen LogP contribution in [-0.4, -0.2) is 26.4 Å². The second kappa shape index (κ2) is 6.75. The molecule has 0 bridgehead atoms. The SMILES string of the molecule is CC(CCC(N)Cc1ccccc1)c1cc(N)nc2[nH]nnc12. The van der Waals surface area contributed by atoms with E-state index in [0.29, 0.717) is 17.4 Å². The molecule has 0 fully saturated rings. The number of aromatic amines is 1. The van der Waals surface area contributed by atoms with Crippen LogP contribution in [0.25, 0.3) is 11.2 Å². The molecule has 0 spiro atoms. The predicted octanol–water partition coefficient (Wildman–Crippen LogP) is 2.39. The van der Waals surface area contributed by atoms with E-state index in [9.17, 15) is 0 Å². The van der Waals surface area contributed by atoms with Crippen LogP contribution in [0.15, 0.2) is 36.4 Å². The fraction of sp³-hybridized carbons (Fsp3) is 0.353. The highest BCUT2D eigenvalue weighted by Gasteiger charge is 2.15. The van der Waals surface area contributed by atoms with Crippen molar-refractivity contribution in [3.8, 4) is 0 Å². The summed E-state index contributed by atoms with van der Waals surface area (Å²) < 4.78 is 0. The summed E-state index contributed by atoms with van der Waals surface area (Å²) in [6, 6.07) is 12.4. The number of hydrogen-bond donors (Lipinski definition) is 3. The van der Waals surface area contributed by atoms with Crippen molar-refractivity contribution in [3.05, 3.63) is 47.5 Å². The van der Waals surface area contributed by atoms with Crippen LogP contribution in [0.2, 0.25) is 0 Å². The first-order chi connectivity index (χ1) is 11.1. The summed E-state index contributed by atoms with van der Waals surface area (Å²) in [6.07, 6.45) is 2.81. The van der Waals surface area contributed by atoms with Crippen molar-refractivity contribution in [1.82, 2.24) is 20.4 Å². The maximum absolute atomic E-state index is 6.28. The second-order valence-electron chi connectivity index (χ2n) is 6.07. The van der Waals surface area contributed by atoms with E-state index in [1.54, 1.807) is 0 Å². The van der Waals surface area contributed by atoms with E-state index < -0.39 is 0 Å². The molecule has 23 heavy (non-hydrogen) atoms. The summed E-state index contributed by atoms with van der Waals surface area (Å²) >= 11 is 0. The number of nitrogen functional groups attached to an aromatic ring is 1. The Bertz CT molecular complexity index is 767. The molecule has 0 aliphatic carbocycles. The zero-order valence-electron chi connectivity index (χ0n) is 13.2. The van der Waals surface area contributed by atoms with Crippen molar-refractivity contribution in [2.24, 2.45) is 5.73 Å². The number of aromatic nitrogens is 4. The van der Waals surface area contributed by atoms with Crippen LogP contribution < -0.4 is 11.5 Å². The lowest BCUT2D eigenvalue weighted by molar-refractivity contribution is 0.540. The fourth-order valence-electron chi connectivity index (χ4n) is 2.90. The maximum atomic E-state index is 6.28. The van der Waals surface area contributed by atoms with Gasteiger partial charge in [0.1, 0.15) is 11.3 Å². The minimum Gasteiger partial charge on any atom is -0.384 e. The van der Waals surface area contributed by atoms with Gasteiger partial charge in [0.15, 0.2) is 5.65 Å². The summed E-state index contributed by atoms with van der Waals surface area (Å²) in [5.74, 6) is 0.786. The normalized spacial score (nSPS) is 14.0. The highest BCUT2D eigenvalue weighted by Crippen LogP contribution is 2.27. The Morgan fingerprint density at radius 1 is 1.17 bits per heavy atom. The van der Waals surface area contributed by atoms with Crippen molar-refractivity contribution in [3.63, 3.8) is 0 Å². The monoisotopic (exact) mass is 310 g/mol. The molecule has 2 heterocycles. The Kier molecular flexibility index (Phi) is 4.52. The van der Waals surface area contributed by atoms with Crippen LogP contribution in [0.3, 0.4) is 0 Å². The Balaban J connectivity index is 1.64. The molecule has 3 rings (SSSR count). The average molecular weight is 310 g/mol. The van der Waals surface area contributed by atoms with Gasteiger partial charge in [0.2, 0.25) is 0 Å². The molecule has 2 unspecified atom stereocenters. The minimum absolute atomic E-state index is 0.145. The molecule has 0 aliphatic rings. The number of nitrogens with two attached hydrogens (primary N) is 2. The zero-order valence-corrected chi connectivity index (χ0v) is 13.2. The topological polar surface area (TPSA) is 106 Å². The molecule has 2 atom stereocenters. The lowest BCUT2D eigenvalue weighted by Crippen LogP contribution is -2.23. The van der Waals surface area contributed by atoms with Gasteiger partial charge in [-0.2, -0.15) is 0 Å². The molecule has 5 N–H and O–H groups in total. The molecule has 0 radical (unpaired) electrons.